The summed E-state index contributed by atoms with van der Waals surface area (Å²) < 4.78 is 2.10. The zero-order chi connectivity index (χ0) is 14.1. The highest BCUT2D eigenvalue weighted by Crippen LogP contribution is 2.26. The molecule has 20 heavy (non-hydrogen) atoms. The number of carbonyl (C=O) groups is 1. The van der Waals surface area contributed by atoms with Gasteiger partial charge in [0.2, 0.25) is 0 Å². The second kappa shape index (κ2) is 5.22. The molecule has 3 rings (SSSR count). The number of amides is 1. The molecule has 0 saturated heterocycles. The molecule has 102 valence electrons. The summed E-state index contributed by atoms with van der Waals surface area (Å²) in [6, 6.07) is 5.96. The predicted octanol–water partition coefficient (Wildman–Crippen LogP) is 3.86. The van der Waals surface area contributed by atoms with Crippen molar-refractivity contribution in [1.82, 2.24) is 9.55 Å². The van der Waals surface area contributed by atoms with Gasteiger partial charge in [-0.15, -0.1) is 22.7 Å². The van der Waals surface area contributed by atoms with Crippen LogP contribution in [0.2, 0.25) is 0 Å². The number of carbonyl (C=O) groups excluding carboxylic acids is 1. The van der Waals surface area contributed by atoms with Crippen molar-refractivity contribution in [3.05, 3.63) is 52.1 Å². The zero-order valence-electron chi connectivity index (χ0n) is 11.1. The molecule has 0 atom stereocenters. The second-order valence-electron chi connectivity index (χ2n) is 4.38. The number of aromatic nitrogens is 2. The van der Waals surface area contributed by atoms with Crippen LogP contribution in [0.15, 0.2) is 35.2 Å². The Bertz CT molecular complexity index is 721. The van der Waals surface area contributed by atoms with Crippen LogP contribution < -0.4 is 5.32 Å². The Morgan fingerprint density at radius 1 is 1.15 bits per heavy atom. The van der Waals surface area contributed by atoms with Crippen LogP contribution in [-0.2, 0) is 0 Å². The minimum atomic E-state index is -0.122. The quantitative estimate of drug-likeness (QED) is 0.798. The van der Waals surface area contributed by atoms with Crippen molar-refractivity contribution in [3.63, 3.8) is 0 Å². The molecule has 0 aliphatic heterocycles. The van der Waals surface area contributed by atoms with Crippen molar-refractivity contribution >= 4 is 33.7 Å². The molecule has 0 bridgehead atoms. The van der Waals surface area contributed by atoms with Crippen molar-refractivity contribution in [1.29, 1.82) is 0 Å². The van der Waals surface area contributed by atoms with Gasteiger partial charge in [-0.05, 0) is 37.4 Å². The Balaban J connectivity index is 1.96. The van der Waals surface area contributed by atoms with Crippen LogP contribution in [0, 0.1) is 13.8 Å². The molecule has 0 fully saturated rings. The Morgan fingerprint density at radius 3 is 2.55 bits per heavy atom. The summed E-state index contributed by atoms with van der Waals surface area (Å²) in [6.07, 6.45) is 1.68. The SMILES string of the molecule is Cc1ccc(C)n1-c1sccc1C(=O)Nc1nccs1. The summed E-state index contributed by atoms with van der Waals surface area (Å²) >= 11 is 2.97. The highest BCUT2D eigenvalue weighted by Gasteiger charge is 2.17. The molecule has 1 N–H and O–H groups in total. The van der Waals surface area contributed by atoms with E-state index in [1.807, 2.05) is 30.7 Å². The van der Waals surface area contributed by atoms with E-state index in [4.69, 9.17) is 0 Å². The molecular weight excluding hydrogens is 290 g/mol. The highest BCUT2D eigenvalue weighted by atomic mass is 32.1. The number of anilines is 1. The van der Waals surface area contributed by atoms with Crippen molar-refractivity contribution < 1.29 is 4.79 Å². The van der Waals surface area contributed by atoms with Crippen LogP contribution in [0.4, 0.5) is 5.13 Å². The highest BCUT2D eigenvalue weighted by molar-refractivity contribution is 7.14. The van der Waals surface area contributed by atoms with Gasteiger partial charge < -0.3 is 4.57 Å². The maximum absolute atomic E-state index is 12.4. The Morgan fingerprint density at radius 2 is 1.90 bits per heavy atom. The van der Waals surface area contributed by atoms with Gasteiger partial charge in [0.05, 0.1) is 5.56 Å². The Hall–Kier alpha value is -1.92. The van der Waals surface area contributed by atoms with Gasteiger partial charge in [0.15, 0.2) is 5.13 Å². The zero-order valence-corrected chi connectivity index (χ0v) is 12.7. The van der Waals surface area contributed by atoms with E-state index in [-0.39, 0.29) is 5.91 Å². The van der Waals surface area contributed by atoms with E-state index in [1.165, 1.54) is 11.3 Å². The minimum Gasteiger partial charge on any atom is -0.309 e. The van der Waals surface area contributed by atoms with Crippen LogP contribution in [-0.4, -0.2) is 15.5 Å². The third kappa shape index (κ3) is 2.28. The largest absolute Gasteiger partial charge is 0.309 e. The predicted molar refractivity (Wildman–Crippen MR) is 83.2 cm³/mol. The molecule has 0 aliphatic carbocycles. The van der Waals surface area contributed by atoms with Gasteiger partial charge in [0, 0.05) is 23.0 Å². The molecule has 1 amide bonds. The van der Waals surface area contributed by atoms with E-state index in [0.717, 1.165) is 16.4 Å². The molecule has 6 heteroatoms. The molecule has 0 aliphatic rings. The normalized spacial score (nSPS) is 10.7. The summed E-state index contributed by atoms with van der Waals surface area (Å²) in [5.41, 5.74) is 2.91. The van der Waals surface area contributed by atoms with Crippen LogP contribution in [0.5, 0.6) is 0 Å². The smallest absolute Gasteiger partial charge is 0.260 e. The molecule has 4 nitrogen and oxygen atoms in total. The molecule has 0 radical (unpaired) electrons. The number of hydrogen-bond donors (Lipinski definition) is 1. The van der Waals surface area contributed by atoms with Crippen LogP contribution in [0.25, 0.3) is 5.00 Å². The standard InChI is InChI=1S/C14H13N3OS2/c1-9-3-4-10(2)17(9)13-11(5-7-19-13)12(18)16-14-15-6-8-20-14/h3-8H,1-2H3,(H,15,16,18). The third-order valence-electron chi connectivity index (χ3n) is 3.02. The molecule has 0 aromatic carbocycles. The molecule has 3 aromatic rings. The second-order valence-corrected chi connectivity index (χ2v) is 6.17. The van der Waals surface area contributed by atoms with Gasteiger partial charge in [-0.1, -0.05) is 0 Å². The molecule has 3 aromatic heterocycles. The molecule has 0 spiro atoms. The summed E-state index contributed by atoms with van der Waals surface area (Å²) in [6.45, 7) is 4.07. The number of thiazole rings is 1. The maximum atomic E-state index is 12.4. The monoisotopic (exact) mass is 303 g/mol. The number of nitrogens with zero attached hydrogens (tertiary/aromatic N) is 2. The van der Waals surface area contributed by atoms with Gasteiger partial charge in [0.1, 0.15) is 5.00 Å². The maximum Gasteiger partial charge on any atom is 0.260 e. The van der Waals surface area contributed by atoms with Crippen molar-refractivity contribution in [3.8, 4) is 5.00 Å². The van der Waals surface area contributed by atoms with Crippen LogP contribution in [0.3, 0.4) is 0 Å². The first-order valence-electron chi connectivity index (χ1n) is 6.10. The Labute approximate surface area is 124 Å². The molecule has 0 unspecified atom stereocenters. The molecule has 3 heterocycles. The number of hydrogen-bond acceptors (Lipinski definition) is 4. The lowest BCUT2D eigenvalue weighted by Crippen LogP contribution is -2.13. The topological polar surface area (TPSA) is 46.9 Å². The van der Waals surface area contributed by atoms with E-state index < -0.39 is 0 Å². The van der Waals surface area contributed by atoms with Crippen molar-refractivity contribution in [2.75, 3.05) is 5.32 Å². The van der Waals surface area contributed by atoms with E-state index >= 15 is 0 Å². The number of thiophene rings is 1. The number of aryl methyl sites for hydroxylation is 2. The minimum absolute atomic E-state index is 0.122. The fraction of sp³-hybridized carbons (Fsp3) is 0.143. The first kappa shape index (κ1) is 13.1. The summed E-state index contributed by atoms with van der Waals surface area (Å²) in [7, 11) is 0. The van der Waals surface area contributed by atoms with E-state index in [1.54, 1.807) is 17.5 Å². The lowest BCUT2D eigenvalue weighted by atomic mass is 10.3. The lowest BCUT2D eigenvalue weighted by molar-refractivity contribution is 0.102. The van der Waals surface area contributed by atoms with Gasteiger partial charge in [-0.2, -0.15) is 0 Å². The van der Waals surface area contributed by atoms with Gasteiger partial charge in [-0.3, -0.25) is 10.1 Å². The number of rotatable bonds is 3. The van der Waals surface area contributed by atoms with E-state index in [0.29, 0.717) is 10.7 Å². The lowest BCUT2D eigenvalue weighted by Gasteiger charge is -2.09. The summed E-state index contributed by atoms with van der Waals surface area (Å²) in [4.78, 5) is 16.4. The van der Waals surface area contributed by atoms with Crippen LogP contribution in [0.1, 0.15) is 21.7 Å². The van der Waals surface area contributed by atoms with E-state index in [2.05, 4.69) is 27.0 Å². The van der Waals surface area contributed by atoms with E-state index in [9.17, 15) is 4.79 Å². The van der Waals surface area contributed by atoms with Gasteiger partial charge in [0.25, 0.3) is 5.91 Å². The van der Waals surface area contributed by atoms with Gasteiger partial charge >= 0.3 is 0 Å². The average Bonchev–Trinajstić information content (AvgIpc) is 3.11. The third-order valence-corrected chi connectivity index (χ3v) is 4.60. The van der Waals surface area contributed by atoms with Crippen LogP contribution >= 0.6 is 22.7 Å². The first-order chi connectivity index (χ1) is 9.66. The van der Waals surface area contributed by atoms with Crippen molar-refractivity contribution in [2.45, 2.75) is 13.8 Å². The molecular formula is C14H13N3OS2. The first-order valence-corrected chi connectivity index (χ1v) is 7.86. The fourth-order valence-electron chi connectivity index (χ4n) is 2.09. The Kier molecular flexibility index (Phi) is 3.42. The average molecular weight is 303 g/mol. The summed E-state index contributed by atoms with van der Waals surface area (Å²) in [5.74, 6) is -0.122. The fourth-order valence-corrected chi connectivity index (χ4v) is 3.62. The van der Waals surface area contributed by atoms with Crippen molar-refractivity contribution in [2.24, 2.45) is 0 Å². The van der Waals surface area contributed by atoms with Gasteiger partial charge in [-0.25, -0.2) is 4.98 Å². The summed E-state index contributed by atoms with van der Waals surface area (Å²) in [5, 5.41) is 8.16. The number of nitrogens with one attached hydrogen (secondary N) is 1. The molecule has 0 saturated carbocycles.